The number of amidine groups is 1. The molecule has 1 aliphatic carbocycles. The number of rotatable bonds is 4. The first-order chi connectivity index (χ1) is 14.0. The fraction of sp³-hybridized carbons (Fsp3) is 0.333. The molecule has 1 aromatic carbocycles. The van der Waals surface area contributed by atoms with Crippen molar-refractivity contribution in [3.05, 3.63) is 77.4 Å². The number of aliphatic imine (C=N–C) groups is 2. The van der Waals surface area contributed by atoms with Gasteiger partial charge in [-0.1, -0.05) is 30.4 Å². The maximum atomic E-state index is 13.5. The second kappa shape index (κ2) is 8.27. The molecule has 1 aromatic rings. The number of nitrogens with zero attached hydrogens (tertiary/aromatic N) is 2. The third-order valence-corrected chi connectivity index (χ3v) is 5.38. The van der Waals surface area contributed by atoms with Gasteiger partial charge in [0.05, 0.1) is 5.54 Å². The van der Waals surface area contributed by atoms with Crippen LogP contribution in [0.3, 0.4) is 0 Å². The van der Waals surface area contributed by atoms with E-state index in [1.165, 1.54) is 18.2 Å². The van der Waals surface area contributed by atoms with Gasteiger partial charge in [0.25, 0.3) is 0 Å². The maximum absolute atomic E-state index is 13.5. The molecule has 3 nitrogen and oxygen atoms in total. The third kappa shape index (κ3) is 4.78. The summed E-state index contributed by atoms with van der Waals surface area (Å²) in [6.45, 7) is 2.43. The lowest BCUT2D eigenvalue weighted by atomic mass is 9.89. The average molecular weight is 394 g/mol. The molecule has 4 rings (SSSR count). The van der Waals surface area contributed by atoms with Crippen LogP contribution in [-0.4, -0.2) is 24.2 Å². The molecule has 0 N–H and O–H groups in total. The number of benzene rings is 1. The van der Waals surface area contributed by atoms with Crippen LogP contribution in [0.2, 0.25) is 0 Å². The second-order valence-electron chi connectivity index (χ2n) is 7.95. The lowest BCUT2D eigenvalue weighted by molar-refractivity contribution is 0.222. The highest BCUT2D eigenvalue weighted by Crippen LogP contribution is 2.35. The zero-order chi connectivity index (χ0) is 20.3. The van der Waals surface area contributed by atoms with Crippen LogP contribution in [0, 0.1) is 11.7 Å². The highest BCUT2D eigenvalue weighted by atomic mass is 19.1. The minimum absolute atomic E-state index is 0.145. The van der Waals surface area contributed by atoms with Gasteiger partial charge in [-0.25, -0.2) is 13.8 Å². The van der Waals surface area contributed by atoms with Gasteiger partial charge in [0.1, 0.15) is 29.8 Å². The molecule has 0 saturated heterocycles. The van der Waals surface area contributed by atoms with Crippen molar-refractivity contribution in [2.45, 2.75) is 38.1 Å². The Labute approximate surface area is 169 Å². The molecule has 0 saturated carbocycles. The van der Waals surface area contributed by atoms with Crippen molar-refractivity contribution in [1.29, 1.82) is 0 Å². The van der Waals surface area contributed by atoms with Crippen LogP contribution >= 0.6 is 0 Å². The standard InChI is InChI=1S/C24H24F2N2O/c1-24(16-29-22-10-4-9-21(26)13-22)14-18-6-2-7-19(15-27-23(18)28-24)17-5-3-8-20(25)12-11-17/h3-5,7,9-13,15,18H,2,6,8,14,16H2,1H3/b19-7+,27-15?. The van der Waals surface area contributed by atoms with Gasteiger partial charge in [-0.05, 0) is 55.5 Å². The molecule has 2 heterocycles. The summed E-state index contributed by atoms with van der Waals surface area (Å²) in [5.41, 5.74) is 1.55. The van der Waals surface area contributed by atoms with E-state index in [-0.39, 0.29) is 23.1 Å². The van der Waals surface area contributed by atoms with Gasteiger partial charge >= 0.3 is 0 Å². The van der Waals surface area contributed by atoms with Crippen LogP contribution in [0.4, 0.5) is 8.78 Å². The van der Waals surface area contributed by atoms with Gasteiger partial charge < -0.3 is 4.74 Å². The van der Waals surface area contributed by atoms with Crippen molar-refractivity contribution in [1.82, 2.24) is 0 Å². The lowest BCUT2D eigenvalue weighted by Gasteiger charge is -2.22. The summed E-state index contributed by atoms with van der Waals surface area (Å²) in [5, 5.41) is 0. The van der Waals surface area contributed by atoms with Crippen LogP contribution in [0.5, 0.6) is 5.75 Å². The van der Waals surface area contributed by atoms with E-state index in [9.17, 15) is 8.78 Å². The van der Waals surface area contributed by atoms with E-state index in [0.717, 1.165) is 36.2 Å². The minimum Gasteiger partial charge on any atom is -0.491 e. The normalized spacial score (nSPS) is 28.2. The number of hydrogen-bond donors (Lipinski definition) is 0. The van der Waals surface area contributed by atoms with Gasteiger partial charge in [0.2, 0.25) is 0 Å². The molecular weight excluding hydrogens is 370 g/mol. The highest BCUT2D eigenvalue weighted by Gasteiger charge is 2.38. The lowest BCUT2D eigenvalue weighted by Crippen LogP contribution is -2.29. The zero-order valence-corrected chi connectivity index (χ0v) is 16.4. The van der Waals surface area contributed by atoms with Crippen LogP contribution in [0.1, 0.15) is 32.6 Å². The minimum atomic E-state index is -0.387. The van der Waals surface area contributed by atoms with Gasteiger partial charge in [0, 0.05) is 24.6 Å². The number of ether oxygens (including phenoxy) is 1. The molecule has 0 fully saturated rings. The van der Waals surface area contributed by atoms with Gasteiger partial charge in [-0.3, -0.25) is 4.99 Å². The second-order valence-corrected chi connectivity index (χ2v) is 7.95. The molecule has 0 aromatic heterocycles. The Morgan fingerprint density at radius 2 is 2.10 bits per heavy atom. The van der Waals surface area contributed by atoms with E-state index in [1.807, 2.05) is 18.4 Å². The number of allylic oxidation sites excluding steroid dienone is 8. The molecule has 0 radical (unpaired) electrons. The van der Waals surface area contributed by atoms with Crippen molar-refractivity contribution < 1.29 is 13.5 Å². The summed E-state index contributed by atoms with van der Waals surface area (Å²) < 4.78 is 32.6. The number of halogens is 2. The summed E-state index contributed by atoms with van der Waals surface area (Å²) in [5.74, 6) is 1.17. The fourth-order valence-corrected chi connectivity index (χ4v) is 3.90. The summed E-state index contributed by atoms with van der Waals surface area (Å²) in [7, 11) is 0. The summed E-state index contributed by atoms with van der Waals surface area (Å²) in [6.07, 6.45) is 14.1. The van der Waals surface area contributed by atoms with E-state index >= 15 is 0 Å². The molecular formula is C24H24F2N2O. The molecule has 150 valence electrons. The topological polar surface area (TPSA) is 34.0 Å². The molecule has 2 aliphatic heterocycles. The Morgan fingerprint density at radius 1 is 1.21 bits per heavy atom. The maximum Gasteiger partial charge on any atom is 0.127 e. The predicted molar refractivity (Wildman–Crippen MR) is 113 cm³/mol. The number of hydrogen-bond acceptors (Lipinski definition) is 3. The van der Waals surface area contributed by atoms with Gasteiger partial charge in [-0.2, -0.15) is 0 Å². The van der Waals surface area contributed by atoms with Crippen molar-refractivity contribution in [3.63, 3.8) is 0 Å². The Bertz CT molecular complexity index is 971. The SMILES string of the molecule is CC1(COc2cccc(F)c2)CC2CC/C=C(/C3=CC=C(F)CC=C3)C=NC2=N1. The van der Waals surface area contributed by atoms with Crippen LogP contribution in [0.25, 0.3) is 0 Å². The van der Waals surface area contributed by atoms with Crippen LogP contribution in [0.15, 0.2) is 81.6 Å². The van der Waals surface area contributed by atoms with E-state index < -0.39 is 0 Å². The summed E-state index contributed by atoms with van der Waals surface area (Å²) in [6, 6.07) is 6.16. The summed E-state index contributed by atoms with van der Waals surface area (Å²) in [4.78, 5) is 9.52. The van der Waals surface area contributed by atoms with Crippen molar-refractivity contribution in [3.8, 4) is 5.75 Å². The van der Waals surface area contributed by atoms with Crippen LogP contribution < -0.4 is 4.74 Å². The van der Waals surface area contributed by atoms with E-state index in [4.69, 9.17) is 9.73 Å². The third-order valence-electron chi connectivity index (χ3n) is 5.38. The molecule has 0 bridgehead atoms. The van der Waals surface area contributed by atoms with Crippen molar-refractivity contribution in [2.75, 3.05) is 6.61 Å². The molecule has 0 spiro atoms. The molecule has 2 unspecified atom stereocenters. The monoisotopic (exact) mass is 394 g/mol. The smallest absolute Gasteiger partial charge is 0.127 e. The van der Waals surface area contributed by atoms with E-state index in [0.29, 0.717) is 18.8 Å². The van der Waals surface area contributed by atoms with Gasteiger partial charge in [-0.15, -0.1) is 0 Å². The first-order valence-electron chi connectivity index (χ1n) is 9.96. The molecule has 0 amide bonds. The first-order valence-corrected chi connectivity index (χ1v) is 9.96. The fourth-order valence-electron chi connectivity index (χ4n) is 3.90. The van der Waals surface area contributed by atoms with Crippen LogP contribution in [-0.2, 0) is 0 Å². The van der Waals surface area contributed by atoms with Crippen molar-refractivity contribution in [2.24, 2.45) is 15.9 Å². The first kappa shape index (κ1) is 19.5. The Balaban J connectivity index is 1.49. The Morgan fingerprint density at radius 3 is 2.97 bits per heavy atom. The quantitative estimate of drug-likeness (QED) is 0.625. The molecule has 2 atom stereocenters. The Hall–Kier alpha value is -2.82. The molecule has 3 aliphatic rings. The summed E-state index contributed by atoms with van der Waals surface area (Å²) >= 11 is 0. The Kier molecular flexibility index (Phi) is 5.56. The average Bonchev–Trinajstić information content (AvgIpc) is 2.84. The zero-order valence-electron chi connectivity index (χ0n) is 16.4. The van der Waals surface area contributed by atoms with Crippen molar-refractivity contribution >= 4 is 12.1 Å². The largest absolute Gasteiger partial charge is 0.491 e. The molecule has 5 heteroatoms. The van der Waals surface area contributed by atoms with E-state index in [2.05, 4.69) is 18.0 Å². The molecule has 29 heavy (non-hydrogen) atoms. The highest BCUT2D eigenvalue weighted by molar-refractivity contribution is 5.99. The predicted octanol–water partition coefficient (Wildman–Crippen LogP) is 5.91. The number of fused-ring (bicyclic) bond motifs is 1. The van der Waals surface area contributed by atoms with E-state index in [1.54, 1.807) is 18.2 Å². The van der Waals surface area contributed by atoms with Gasteiger partial charge in [0.15, 0.2) is 0 Å².